The number of rotatable bonds is 7. The molecule has 170 valence electrons. The van der Waals surface area contributed by atoms with Crippen LogP contribution in [0.15, 0.2) is 83.1 Å². The number of sulfonamides is 1. The third-order valence-corrected chi connectivity index (χ3v) is 6.65. The van der Waals surface area contributed by atoms with Gasteiger partial charge in [0, 0.05) is 11.8 Å². The first-order valence-electron chi connectivity index (χ1n) is 10.2. The van der Waals surface area contributed by atoms with Crippen LogP contribution in [0.2, 0.25) is 0 Å². The summed E-state index contributed by atoms with van der Waals surface area (Å²) in [5.74, 6) is 0.659. The molecule has 10 heteroatoms. The van der Waals surface area contributed by atoms with Crippen LogP contribution in [0.25, 0.3) is 0 Å². The van der Waals surface area contributed by atoms with Gasteiger partial charge in [0.2, 0.25) is 0 Å². The Morgan fingerprint density at radius 2 is 1.82 bits per heavy atom. The Labute approximate surface area is 191 Å². The predicted molar refractivity (Wildman–Crippen MR) is 123 cm³/mol. The minimum absolute atomic E-state index is 0.0672. The molecule has 1 amide bonds. The summed E-state index contributed by atoms with van der Waals surface area (Å²) in [7, 11) is -4.00. The molecule has 1 N–H and O–H groups in total. The number of ether oxygens (including phenoxy) is 2. The quantitative estimate of drug-likeness (QED) is 0.423. The first-order chi connectivity index (χ1) is 15.9. The van der Waals surface area contributed by atoms with Crippen LogP contribution in [0.4, 0.5) is 5.69 Å². The van der Waals surface area contributed by atoms with Gasteiger partial charge >= 0.3 is 0 Å². The second kappa shape index (κ2) is 9.70. The van der Waals surface area contributed by atoms with E-state index in [1.807, 2.05) is 0 Å². The fraction of sp³-hybridized carbons (Fsp3) is 0.174. The summed E-state index contributed by atoms with van der Waals surface area (Å²) in [4.78, 5) is 16.7. The molecule has 3 aromatic rings. The molecule has 0 radical (unpaired) electrons. The van der Waals surface area contributed by atoms with Crippen molar-refractivity contribution in [1.82, 2.24) is 10.4 Å². The zero-order chi connectivity index (χ0) is 23.3. The van der Waals surface area contributed by atoms with Gasteiger partial charge in [0.1, 0.15) is 19.8 Å². The third kappa shape index (κ3) is 5.12. The molecule has 2 heterocycles. The number of pyridine rings is 1. The molecule has 0 saturated heterocycles. The average molecular weight is 467 g/mol. The molecule has 2 aromatic carbocycles. The standard InChI is InChI=1S/C23H22N4O5S/c1-17(18-9-10-21-22(14-18)32-13-12-31-21)25-26-23(28)16-27(19-6-5-11-24-15-19)33(29,30)20-7-3-2-4-8-20/h2-11,14-15H,12-13,16H2,1H3,(H,26,28)/b25-17-. The van der Waals surface area contributed by atoms with E-state index in [1.165, 1.54) is 24.5 Å². The van der Waals surface area contributed by atoms with Crippen molar-refractivity contribution in [2.45, 2.75) is 11.8 Å². The highest BCUT2D eigenvalue weighted by Crippen LogP contribution is 2.31. The van der Waals surface area contributed by atoms with Gasteiger partial charge in [-0.25, -0.2) is 13.8 Å². The molecule has 0 spiro atoms. The van der Waals surface area contributed by atoms with Crippen LogP contribution >= 0.6 is 0 Å². The lowest BCUT2D eigenvalue weighted by molar-refractivity contribution is -0.119. The monoisotopic (exact) mass is 466 g/mol. The van der Waals surface area contributed by atoms with E-state index in [-0.39, 0.29) is 10.6 Å². The number of fused-ring (bicyclic) bond motifs is 1. The van der Waals surface area contributed by atoms with Gasteiger partial charge in [0.05, 0.1) is 22.5 Å². The Morgan fingerprint density at radius 3 is 2.55 bits per heavy atom. The Bertz CT molecular complexity index is 1260. The molecule has 0 bridgehead atoms. The molecule has 1 aromatic heterocycles. The van der Waals surface area contributed by atoms with Crippen LogP contribution in [0.1, 0.15) is 12.5 Å². The number of hydrogen-bond donors (Lipinski definition) is 1. The zero-order valence-corrected chi connectivity index (χ0v) is 18.7. The van der Waals surface area contributed by atoms with Crippen LogP contribution in [0.3, 0.4) is 0 Å². The van der Waals surface area contributed by atoms with Crippen LogP contribution in [-0.2, 0) is 14.8 Å². The number of amides is 1. The maximum atomic E-state index is 13.2. The van der Waals surface area contributed by atoms with Gasteiger partial charge in [0.25, 0.3) is 15.9 Å². The van der Waals surface area contributed by atoms with Crippen molar-refractivity contribution in [1.29, 1.82) is 0 Å². The Morgan fingerprint density at radius 1 is 1.06 bits per heavy atom. The normalized spacial score (nSPS) is 13.3. The summed E-state index contributed by atoms with van der Waals surface area (Å²) >= 11 is 0. The number of hydrazone groups is 1. The second-order valence-electron chi connectivity index (χ2n) is 7.13. The summed E-state index contributed by atoms with van der Waals surface area (Å²) in [6.45, 7) is 2.21. The van der Waals surface area contributed by atoms with Crippen molar-refractivity contribution in [3.05, 3.63) is 78.6 Å². The van der Waals surface area contributed by atoms with Crippen LogP contribution < -0.4 is 19.2 Å². The van der Waals surface area contributed by atoms with E-state index in [0.717, 1.165) is 9.87 Å². The van der Waals surface area contributed by atoms with Gasteiger partial charge in [-0.15, -0.1) is 0 Å². The summed E-state index contributed by atoms with van der Waals surface area (Å²) in [6, 6.07) is 16.4. The maximum Gasteiger partial charge on any atom is 0.264 e. The van der Waals surface area contributed by atoms with Crippen LogP contribution in [0.5, 0.6) is 11.5 Å². The smallest absolute Gasteiger partial charge is 0.264 e. The first kappa shape index (κ1) is 22.3. The molecule has 1 aliphatic rings. The van der Waals surface area contributed by atoms with E-state index < -0.39 is 22.5 Å². The number of benzene rings is 2. The first-order valence-corrected chi connectivity index (χ1v) is 11.6. The fourth-order valence-corrected chi connectivity index (χ4v) is 4.61. The molecular weight excluding hydrogens is 444 g/mol. The minimum atomic E-state index is -4.00. The van der Waals surface area contributed by atoms with E-state index in [2.05, 4.69) is 15.5 Å². The summed E-state index contributed by atoms with van der Waals surface area (Å²) in [6.07, 6.45) is 2.91. The molecule has 0 fully saturated rings. The van der Waals surface area contributed by atoms with Gasteiger partial charge < -0.3 is 9.47 Å². The third-order valence-electron chi connectivity index (χ3n) is 4.86. The van der Waals surface area contributed by atoms with Crippen molar-refractivity contribution >= 4 is 27.3 Å². The van der Waals surface area contributed by atoms with Crippen molar-refractivity contribution in [2.75, 3.05) is 24.1 Å². The van der Waals surface area contributed by atoms with E-state index in [9.17, 15) is 13.2 Å². The lowest BCUT2D eigenvalue weighted by Crippen LogP contribution is -2.39. The Kier molecular flexibility index (Phi) is 6.55. The molecule has 33 heavy (non-hydrogen) atoms. The molecule has 4 rings (SSSR count). The van der Waals surface area contributed by atoms with Gasteiger partial charge in [0.15, 0.2) is 11.5 Å². The van der Waals surface area contributed by atoms with Crippen molar-refractivity contribution in [3.63, 3.8) is 0 Å². The Hall–Kier alpha value is -3.92. The van der Waals surface area contributed by atoms with Crippen LogP contribution in [-0.4, -0.2) is 44.8 Å². The van der Waals surface area contributed by atoms with Gasteiger partial charge in [-0.3, -0.25) is 14.1 Å². The highest BCUT2D eigenvalue weighted by Gasteiger charge is 2.27. The minimum Gasteiger partial charge on any atom is -0.486 e. The lowest BCUT2D eigenvalue weighted by atomic mass is 10.1. The van der Waals surface area contributed by atoms with Gasteiger partial charge in [-0.1, -0.05) is 18.2 Å². The Balaban J connectivity index is 1.53. The van der Waals surface area contributed by atoms with Crippen molar-refractivity contribution < 1.29 is 22.7 Å². The molecule has 9 nitrogen and oxygen atoms in total. The number of hydrogen-bond acceptors (Lipinski definition) is 7. The zero-order valence-electron chi connectivity index (χ0n) is 17.8. The lowest BCUT2D eigenvalue weighted by Gasteiger charge is -2.23. The van der Waals surface area contributed by atoms with Crippen LogP contribution in [0, 0.1) is 0 Å². The SMILES string of the molecule is C/C(=N/NC(=O)CN(c1cccnc1)S(=O)(=O)c1ccccc1)c1ccc2c(c1)OCCO2. The number of anilines is 1. The largest absolute Gasteiger partial charge is 0.486 e. The topological polar surface area (TPSA) is 110 Å². The second-order valence-corrected chi connectivity index (χ2v) is 8.99. The van der Waals surface area contributed by atoms with Gasteiger partial charge in [-0.05, 0) is 49.4 Å². The summed E-state index contributed by atoms with van der Waals surface area (Å²) in [5.41, 5.74) is 3.97. The van der Waals surface area contributed by atoms with E-state index in [4.69, 9.17) is 9.47 Å². The molecule has 0 unspecified atom stereocenters. The average Bonchev–Trinajstić information content (AvgIpc) is 2.86. The van der Waals surface area contributed by atoms with Crippen molar-refractivity contribution in [3.8, 4) is 11.5 Å². The fourth-order valence-electron chi connectivity index (χ4n) is 3.18. The molecule has 1 aliphatic heterocycles. The molecular formula is C23H22N4O5S. The van der Waals surface area contributed by atoms with Crippen molar-refractivity contribution in [2.24, 2.45) is 5.10 Å². The van der Waals surface area contributed by atoms with Gasteiger partial charge in [-0.2, -0.15) is 5.10 Å². The molecule has 0 atom stereocenters. The maximum absolute atomic E-state index is 13.2. The van der Waals surface area contributed by atoms with E-state index in [1.54, 1.807) is 55.5 Å². The highest BCUT2D eigenvalue weighted by molar-refractivity contribution is 7.92. The summed E-state index contributed by atoms with van der Waals surface area (Å²) < 4.78 is 38.5. The molecule has 0 saturated carbocycles. The molecule has 0 aliphatic carbocycles. The van der Waals surface area contributed by atoms with E-state index >= 15 is 0 Å². The number of nitrogens with zero attached hydrogens (tertiary/aromatic N) is 3. The number of nitrogens with one attached hydrogen (secondary N) is 1. The highest BCUT2D eigenvalue weighted by atomic mass is 32.2. The number of carbonyl (C=O) groups excluding carboxylic acids is 1. The van der Waals surface area contributed by atoms with E-state index in [0.29, 0.717) is 30.4 Å². The summed E-state index contributed by atoms with van der Waals surface area (Å²) in [5, 5.41) is 4.13. The number of carbonyl (C=O) groups is 1. The number of aromatic nitrogens is 1. The predicted octanol–water partition coefficient (Wildman–Crippen LogP) is 2.59.